The third-order valence-corrected chi connectivity index (χ3v) is 2.14. The average Bonchev–Trinajstić information content (AvgIpc) is 2.19. The molecule has 0 spiro atoms. The molecule has 0 aliphatic carbocycles. The number of nitrogens with zero attached hydrogens (tertiary/aromatic N) is 2. The molecule has 0 aliphatic heterocycles. The molecular weight excluding hydrogens is 174 g/mol. The van der Waals surface area contributed by atoms with E-state index in [1.54, 1.807) is 0 Å². The number of hydrogen-bond acceptors (Lipinski definition) is 2. The monoisotopic (exact) mass is 191 g/mol. The van der Waals surface area contributed by atoms with Gasteiger partial charge in [-0.3, -0.25) is 0 Å². The number of allylic oxidation sites excluding steroid dienone is 2. The lowest BCUT2D eigenvalue weighted by Gasteiger charge is -2.14. The summed E-state index contributed by atoms with van der Waals surface area (Å²) in [5.41, 5.74) is 1.98. The van der Waals surface area contributed by atoms with E-state index in [4.69, 9.17) is 5.84 Å². The highest BCUT2D eigenvalue weighted by Gasteiger charge is 2.03. The van der Waals surface area contributed by atoms with E-state index in [2.05, 4.69) is 25.0 Å². The molecule has 1 aromatic rings. The lowest BCUT2D eigenvalue weighted by atomic mass is 10.1. The number of aromatic nitrogens is 1. The number of pyridine rings is 1. The predicted molar refractivity (Wildman–Crippen MR) is 59.0 cm³/mol. The van der Waals surface area contributed by atoms with Crippen molar-refractivity contribution in [1.29, 1.82) is 0 Å². The van der Waals surface area contributed by atoms with Gasteiger partial charge in [0.1, 0.15) is 0 Å². The standard InChI is InChI=1S/C11H17N3/c1-4-10(9(2)3)14-8-6-5-7-11(14)13-12/h4-9H,12H2,1-3H3/b10-4-,13-11-. The molecule has 3 heteroatoms. The molecule has 76 valence electrons. The summed E-state index contributed by atoms with van der Waals surface area (Å²) in [5, 5.41) is 3.74. The van der Waals surface area contributed by atoms with E-state index >= 15 is 0 Å². The summed E-state index contributed by atoms with van der Waals surface area (Å²) in [5.74, 6) is 5.77. The molecule has 0 atom stereocenters. The van der Waals surface area contributed by atoms with Crippen molar-refractivity contribution in [2.75, 3.05) is 0 Å². The largest absolute Gasteiger partial charge is 0.321 e. The first-order valence-corrected chi connectivity index (χ1v) is 4.79. The first-order chi connectivity index (χ1) is 6.70. The fraction of sp³-hybridized carbons (Fsp3) is 0.364. The molecule has 0 bridgehead atoms. The summed E-state index contributed by atoms with van der Waals surface area (Å²) in [6, 6.07) is 5.79. The Hall–Kier alpha value is -1.51. The zero-order chi connectivity index (χ0) is 10.6. The number of rotatable bonds is 2. The van der Waals surface area contributed by atoms with Crippen LogP contribution in [0.25, 0.3) is 5.70 Å². The van der Waals surface area contributed by atoms with E-state index in [-0.39, 0.29) is 0 Å². The van der Waals surface area contributed by atoms with Crippen molar-refractivity contribution < 1.29 is 0 Å². The fourth-order valence-corrected chi connectivity index (χ4v) is 1.51. The second-order valence-electron chi connectivity index (χ2n) is 3.43. The van der Waals surface area contributed by atoms with Crippen LogP contribution in [0.3, 0.4) is 0 Å². The minimum Gasteiger partial charge on any atom is -0.321 e. The molecule has 0 amide bonds. The van der Waals surface area contributed by atoms with E-state index in [0.29, 0.717) is 5.92 Å². The maximum atomic E-state index is 5.32. The van der Waals surface area contributed by atoms with Gasteiger partial charge in [0, 0.05) is 11.9 Å². The Morgan fingerprint density at radius 2 is 2.21 bits per heavy atom. The summed E-state index contributed by atoms with van der Waals surface area (Å²) in [7, 11) is 0. The summed E-state index contributed by atoms with van der Waals surface area (Å²) < 4.78 is 2.00. The van der Waals surface area contributed by atoms with Crippen molar-refractivity contribution in [3.8, 4) is 0 Å². The minimum atomic E-state index is 0.452. The normalized spacial score (nSPS) is 13.7. The van der Waals surface area contributed by atoms with E-state index in [1.165, 1.54) is 5.70 Å². The van der Waals surface area contributed by atoms with Crippen LogP contribution in [0, 0.1) is 5.92 Å². The topological polar surface area (TPSA) is 43.3 Å². The van der Waals surface area contributed by atoms with Gasteiger partial charge in [-0.15, -0.1) is 0 Å². The highest BCUT2D eigenvalue weighted by Crippen LogP contribution is 2.12. The summed E-state index contributed by atoms with van der Waals surface area (Å²) in [4.78, 5) is 0. The smallest absolute Gasteiger partial charge is 0.156 e. The fourth-order valence-electron chi connectivity index (χ4n) is 1.51. The van der Waals surface area contributed by atoms with Gasteiger partial charge in [0.05, 0.1) is 0 Å². The van der Waals surface area contributed by atoms with Gasteiger partial charge in [0.25, 0.3) is 0 Å². The van der Waals surface area contributed by atoms with Crippen LogP contribution in [0.1, 0.15) is 20.8 Å². The Balaban J connectivity index is 3.32. The Bertz CT molecular complexity index is 386. The number of nitrogens with two attached hydrogens (primary N) is 1. The van der Waals surface area contributed by atoms with E-state index in [9.17, 15) is 0 Å². The van der Waals surface area contributed by atoms with Gasteiger partial charge in [0.15, 0.2) is 5.49 Å². The lowest BCUT2D eigenvalue weighted by Crippen LogP contribution is -2.22. The maximum absolute atomic E-state index is 5.32. The van der Waals surface area contributed by atoms with Crippen LogP contribution in [0.4, 0.5) is 0 Å². The molecule has 3 nitrogen and oxygen atoms in total. The predicted octanol–water partition coefficient (Wildman–Crippen LogP) is 1.78. The zero-order valence-corrected chi connectivity index (χ0v) is 8.94. The Kier molecular flexibility index (Phi) is 3.51. The highest BCUT2D eigenvalue weighted by molar-refractivity contribution is 5.46. The third-order valence-electron chi connectivity index (χ3n) is 2.14. The van der Waals surface area contributed by atoms with Crippen molar-refractivity contribution in [1.82, 2.24) is 4.57 Å². The first kappa shape index (κ1) is 10.6. The van der Waals surface area contributed by atoms with Gasteiger partial charge in [-0.2, -0.15) is 5.10 Å². The molecule has 0 saturated carbocycles. The van der Waals surface area contributed by atoms with Crippen LogP contribution >= 0.6 is 0 Å². The van der Waals surface area contributed by atoms with E-state index < -0.39 is 0 Å². The lowest BCUT2D eigenvalue weighted by molar-refractivity contribution is 0.763. The van der Waals surface area contributed by atoms with Crippen molar-refractivity contribution in [2.24, 2.45) is 16.9 Å². The van der Waals surface area contributed by atoms with Crippen molar-refractivity contribution in [3.05, 3.63) is 36.0 Å². The number of hydrogen-bond donors (Lipinski definition) is 1. The molecule has 0 saturated heterocycles. The molecule has 0 aliphatic rings. The second kappa shape index (κ2) is 4.65. The van der Waals surface area contributed by atoms with Crippen LogP contribution in [0.15, 0.2) is 35.6 Å². The van der Waals surface area contributed by atoms with Crippen LogP contribution < -0.4 is 11.3 Å². The van der Waals surface area contributed by atoms with Crippen LogP contribution in [-0.2, 0) is 0 Å². The van der Waals surface area contributed by atoms with Crippen LogP contribution in [0.2, 0.25) is 0 Å². The summed E-state index contributed by atoms with van der Waals surface area (Å²) in [6.45, 7) is 6.32. The summed E-state index contributed by atoms with van der Waals surface area (Å²) >= 11 is 0. The van der Waals surface area contributed by atoms with Gasteiger partial charge in [-0.05, 0) is 25.0 Å². The molecular formula is C11H17N3. The van der Waals surface area contributed by atoms with Crippen molar-refractivity contribution in [3.63, 3.8) is 0 Å². The minimum absolute atomic E-state index is 0.452. The molecule has 0 unspecified atom stereocenters. The molecule has 14 heavy (non-hydrogen) atoms. The molecule has 1 heterocycles. The molecule has 0 aromatic carbocycles. The van der Waals surface area contributed by atoms with E-state index in [0.717, 1.165) is 5.49 Å². The molecule has 0 radical (unpaired) electrons. The van der Waals surface area contributed by atoms with Crippen LogP contribution in [0.5, 0.6) is 0 Å². The molecule has 2 N–H and O–H groups in total. The Labute approximate surface area is 84.6 Å². The Morgan fingerprint density at radius 1 is 1.50 bits per heavy atom. The van der Waals surface area contributed by atoms with Gasteiger partial charge in [-0.25, -0.2) is 0 Å². The molecule has 1 aromatic heterocycles. The Morgan fingerprint density at radius 3 is 2.71 bits per heavy atom. The SMILES string of the molecule is C/C=C(/C(C)C)n1cccc/c1=N/N. The zero-order valence-electron chi connectivity index (χ0n) is 8.94. The van der Waals surface area contributed by atoms with Crippen LogP contribution in [-0.4, -0.2) is 4.57 Å². The quantitative estimate of drug-likeness (QED) is 0.562. The highest BCUT2D eigenvalue weighted by atomic mass is 15.2. The van der Waals surface area contributed by atoms with Gasteiger partial charge < -0.3 is 10.4 Å². The first-order valence-electron chi connectivity index (χ1n) is 4.79. The molecule has 0 fully saturated rings. The van der Waals surface area contributed by atoms with Crippen molar-refractivity contribution in [2.45, 2.75) is 20.8 Å². The third kappa shape index (κ3) is 2.05. The summed E-state index contributed by atoms with van der Waals surface area (Å²) in [6.07, 6.45) is 4.06. The van der Waals surface area contributed by atoms with E-state index in [1.807, 2.05) is 35.9 Å². The van der Waals surface area contributed by atoms with Gasteiger partial charge >= 0.3 is 0 Å². The maximum Gasteiger partial charge on any atom is 0.156 e. The average molecular weight is 191 g/mol. The molecule has 1 rings (SSSR count). The van der Waals surface area contributed by atoms with Gasteiger partial charge in [0.2, 0.25) is 0 Å². The van der Waals surface area contributed by atoms with Crippen molar-refractivity contribution >= 4 is 5.70 Å². The second-order valence-corrected chi connectivity index (χ2v) is 3.43. The van der Waals surface area contributed by atoms with Gasteiger partial charge in [-0.1, -0.05) is 26.0 Å².